The van der Waals surface area contributed by atoms with Crippen LogP contribution in [0.25, 0.3) is 27.5 Å². The quantitative estimate of drug-likeness (QED) is 0.541. The largest absolute Gasteiger partial charge is 0.307 e. The van der Waals surface area contributed by atoms with Crippen molar-refractivity contribution < 1.29 is 0 Å². The summed E-state index contributed by atoms with van der Waals surface area (Å²) in [5.74, 6) is 0. The van der Waals surface area contributed by atoms with E-state index in [9.17, 15) is 4.79 Å². The highest BCUT2D eigenvalue weighted by molar-refractivity contribution is 6.06. The van der Waals surface area contributed by atoms with Gasteiger partial charge in [0, 0.05) is 11.9 Å². The van der Waals surface area contributed by atoms with E-state index in [-0.39, 0.29) is 5.56 Å². The fraction of sp³-hybridized carbons (Fsp3) is 0.158. The van der Waals surface area contributed by atoms with Crippen molar-refractivity contribution in [2.45, 2.75) is 19.9 Å². The number of benzene rings is 2. The number of para-hydroxylation sites is 2. The lowest BCUT2D eigenvalue weighted by Crippen LogP contribution is -2.18. The molecule has 0 fully saturated rings. The molecule has 2 aromatic carbocycles. The van der Waals surface area contributed by atoms with Crippen LogP contribution in [0.5, 0.6) is 0 Å². The highest BCUT2D eigenvalue weighted by Gasteiger charge is 2.23. The molecule has 1 aliphatic rings. The highest BCUT2D eigenvalue weighted by atomic mass is 16.1. The Morgan fingerprint density at radius 3 is 2.65 bits per heavy atom. The summed E-state index contributed by atoms with van der Waals surface area (Å²) in [6, 6.07) is 16.3. The number of pyridine rings is 1. The summed E-state index contributed by atoms with van der Waals surface area (Å²) < 4.78 is 3.82. The summed E-state index contributed by atoms with van der Waals surface area (Å²) in [5, 5.41) is 6.52. The molecule has 0 spiro atoms. The fourth-order valence-corrected chi connectivity index (χ4v) is 3.77. The number of aromatic nitrogens is 3. The Bertz CT molecular complexity index is 1140. The smallest absolute Gasteiger partial charge is 0.262 e. The van der Waals surface area contributed by atoms with Crippen LogP contribution in [0.2, 0.25) is 0 Å². The number of rotatable bonds is 1. The van der Waals surface area contributed by atoms with Crippen molar-refractivity contribution in [2.75, 3.05) is 0 Å². The topological polar surface area (TPSA) is 39.8 Å². The molecule has 112 valence electrons. The van der Waals surface area contributed by atoms with E-state index in [1.54, 1.807) is 0 Å². The van der Waals surface area contributed by atoms with Crippen LogP contribution in [-0.2, 0) is 13.0 Å². The van der Waals surface area contributed by atoms with Gasteiger partial charge in [0.15, 0.2) is 0 Å². The van der Waals surface area contributed by atoms with E-state index in [1.807, 2.05) is 46.5 Å². The second-order valence-corrected chi connectivity index (χ2v) is 6.08. The number of hydrogen-bond donors (Lipinski definition) is 0. The molecule has 3 heterocycles. The van der Waals surface area contributed by atoms with E-state index in [1.165, 1.54) is 5.56 Å². The molecule has 0 saturated carbocycles. The summed E-state index contributed by atoms with van der Waals surface area (Å²) in [6.45, 7) is 2.68. The fourth-order valence-electron chi connectivity index (χ4n) is 3.77. The van der Waals surface area contributed by atoms with Crippen LogP contribution in [0.15, 0.2) is 53.3 Å². The molecule has 23 heavy (non-hydrogen) atoms. The van der Waals surface area contributed by atoms with E-state index in [0.29, 0.717) is 0 Å². The number of aryl methyl sites for hydroxylation is 3. The molecule has 5 rings (SSSR count). The van der Waals surface area contributed by atoms with Gasteiger partial charge in [0.2, 0.25) is 0 Å². The van der Waals surface area contributed by atoms with Crippen LogP contribution < -0.4 is 5.56 Å². The van der Waals surface area contributed by atoms with E-state index in [0.717, 1.165) is 46.2 Å². The Kier molecular flexibility index (Phi) is 2.37. The van der Waals surface area contributed by atoms with Crippen LogP contribution in [-0.4, -0.2) is 14.3 Å². The van der Waals surface area contributed by atoms with E-state index in [2.05, 4.69) is 23.3 Å². The molecule has 0 atom stereocenters. The van der Waals surface area contributed by atoms with Gasteiger partial charge in [-0.25, -0.2) is 4.68 Å². The first-order valence-corrected chi connectivity index (χ1v) is 7.85. The molecule has 0 saturated heterocycles. The molecule has 4 aromatic rings. The molecule has 0 bridgehead atoms. The zero-order chi connectivity index (χ0) is 15.6. The Morgan fingerprint density at radius 2 is 1.83 bits per heavy atom. The van der Waals surface area contributed by atoms with Gasteiger partial charge in [-0.15, -0.1) is 0 Å². The van der Waals surface area contributed by atoms with Crippen molar-refractivity contribution in [3.05, 3.63) is 70.1 Å². The molecular formula is C19H15N3O. The second kappa shape index (κ2) is 4.32. The van der Waals surface area contributed by atoms with Crippen molar-refractivity contribution in [1.29, 1.82) is 0 Å². The van der Waals surface area contributed by atoms with Crippen LogP contribution >= 0.6 is 0 Å². The second-order valence-electron chi connectivity index (χ2n) is 6.08. The number of fused-ring (bicyclic) bond motifs is 2. The lowest BCUT2D eigenvalue weighted by Gasteiger charge is -2.09. The minimum absolute atomic E-state index is 0.0807. The predicted molar refractivity (Wildman–Crippen MR) is 91.3 cm³/mol. The summed E-state index contributed by atoms with van der Waals surface area (Å²) in [7, 11) is 0. The first-order chi connectivity index (χ1) is 11.3. The standard InChI is InChI=1S/C19H15N3O/c1-12-16-18(22(20-12)14-7-3-2-4-8-14)15-9-5-6-13-10-11-21(17(13)15)19(16)23/h2-9H,10-11H2,1H3. The first kappa shape index (κ1) is 12.6. The molecule has 0 N–H and O–H groups in total. The molecule has 2 aromatic heterocycles. The maximum atomic E-state index is 13.0. The summed E-state index contributed by atoms with van der Waals surface area (Å²) in [5.41, 5.74) is 5.10. The Morgan fingerprint density at radius 1 is 1.00 bits per heavy atom. The molecule has 4 heteroatoms. The van der Waals surface area contributed by atoms with Crippen molar-refractivity contribution >= 4 is 21.8 Å². The van der Waals surface area contributed by atoms with Gasteiger partial charge in [0.1, 0.15) is 0 Å². The van der Waals surface area contributed by atoms with Gasteiger partial charge in [-0.3, -0.25) is 4.79 Å². The lowest BCUT2D eigenvalue weighted by atomic mass is 10.1. The lowest BCUT2D eigenvalue weighted by molar-refractivity contribution is 0.747. The van der Waals surface area contributed by atoms with Gasteiger partial charge in [0.05, 0.1) is 27.8 Å². The van der Waals surface area contributed by atoms with Gasteiger partial charge >= 0.3 is 0 Å². The third-order valence-corrected chi connectivity index (χ3v) is 4.77. The Labute approximate surface area is 132 Å². The molecule has 0 radical (unpaired) electrons. The average molecular weight is 301 g/mol. The van der Waals surface area contributed by atoms with Crippen molar-refractivity contribution in [3.63, 3.8) is 0 Å². The molecule has 1 aliphatic heterocycles. The Balaban J connectivity index is 2.06. The van der Waals surface area contributed by atoms with E-state index >= 15 is 0 Å². The third kappa shape index (κ3) is 1.55. The van der Waals surface area contributed by atoms with Crippen LogP contribution in [0.3, 0.4) is 0 Å². The van der Waals surface area contributed by atoms with Gasteiger partial charge < -0.3 is 4.57 Å². The molecule has 0 aliphatic carbocycles. The van der Waals surface area contributed by atoms with Gasteiger partial charge in [0.25, 0.3) is 5.56 Å². The summed E-state index contributed by atoms with van der Waals surface area (Å²) >= 11 is 0. The molecule has 4 nitrogen and oxygen atoms in total. The van der Waals surface area contributed by atoms with Gasteiger partial charge in [-0.05, 0) is 31.0 Å². The third-order valence-electron chi connectivity index (χ3n) is 4.77. The van der Waals surface area contributed by atoms with Gasteiger partial charge in [-0.2, -0.15) is 5.10 Å². The molecule has 0 unspecified atom stereocenters. The maximum absolute atomic E-state index is 13.0. The minimum atomic E-state index is 0.0807. The summed E-state index contributed by atoms with van der Waals surface area (Å²) in [4.78, 5) is 13.0. The van der Waals surface area contributed by atoms with Crippen LogP contribution in [0.4, 0.5) is 0 Å². The van der Waals surface area contributed by atoms with E-state index in [4.69, 9.17) is 0 Å². The SMILES string of the molecule is Cc1nn(-c2ccccc2)c2c1c(=O)n1c3c(cccc23)CC1. The monoisotopic (exact) mass is 301 g/mol. The van der Waals surface area contributed by atoms with Crippen LogP contribution in [0, 0.1) is 6.92 Å². The molecule has 0 amide bonds. The van der Waals surface area contributed by atoms with Crippen LogP contribution in [0.1, 0.15) is 11.3 Å². The maximum Gasteiger partial charge on any atom is 0.262 e. The van der Waals surface area contributed by atoms with Gasteiger partial charge in [-0.1, -0.05) is 36.4 Å². The highest BCUT2D eigenvalue weighted by Crippen LogP contribution is 2.31. The minimum Gasteiger partial charge on any atom is -0.307 e. The van der Waals surface area contributed by atoms with Crippen molar-refractivity contribution in [3.8, 4) is 5.69 Å². The normalized spacial score (nSPS) is 13.3. The Hall–Kier alpha value is -2.88. The zero-order valence-corrected chi connectivity index (χ0v) is 12.8. The average Bonchev–Trinajstić information content (AvgIpc) is 3.16. The van der Waals surface area contributed by atoms with Crippen molar-refractivity contribution in [2.24, 2.45) is 0 Å². The number of hydrogen-bond acceptors (Lipinski definition) is 2. The number of nitrogens with zero attached hydrogens (tertiary/aromatic N) is 3. The molecular weight excluding hydrogens is 286 g/mol. The summed E-state index contributed by atoms with van der Waals surface area (Å²) in [6.07, 6.45) is 0.928. The first-order valence-electron chi connectivity index (χ1n) is 7.85. The predicted octanol–water partition coefficient (Wildman–Crippen LogP) is 3.20. The van der Waals surface area contributed by atoms with Crippen molar-refractivity contribution in [1.82, 2.24) is 14.3 Å². The van der Waals surface area contributed by atoms with E-state index < -0.39 is 0 Å². The zero-order valence-electron chi connectivity index (χ0n) is 12.8.